The molecule has 1 aromatic carbocycles. The average Bonchev–Trinajstić information content (AvgIpc) is 2.46. The van der Waals surface area contributed by atoms with Crippen LogP contribution in [0.4, 0.5) is 0 Å². The molecule has 0 aliphatic heterocycles. The molecule has 0 atom stereocenters. The van der Waals surface area contributed by atoms with E-state index in [2.05, 4.69) is 22.1 Å². The third-order valence-electron chi connectivity index (χ3n) is 2.57. The number of carbonyl (C=O) groups excluding carboxylic acids is 1. The summed E-state index contributed by atoms with van der Waals surface area (Å²) < 4.78 is 0. The van der Waals surface area contributed by atoms with Gasteiger partial charge in [0.25, 0.3) is 5.91 Å². The van der Waals surface area contributed by atoms with Crippen molar-refractivity contribution in [2.24, 2.45) is 0 Å². The molecule has 1 N–H and O–H groups in total. The molecule has 0 aliphatic carbocycles. The van der Waals surface area contributed by atoms with E-state index in [-0.39, 0.29) is 5.91 Å². The predicted octanol–water partition coefficient (Wildman–Crippen LogP) is 2.45. The van der Waals surface area contributed by atoms with Gasteiger partial charge in [-0.2, -0.15) is 0 Å². The highest BCUT2D eigenvalue weighted by Crippen LogP contribution is 2.09. The molecule has 0 unspecified atom stereocenters. The molecular formula is C16H13ClN2O. The van der Waals surface area contributed by atoms with Crippen molar-refractivity contribution in [2.75, 3.05) is 6.54 Å². The van der Waals surface area contributed by atoms with Crippen LogP contribution < -0.4 is 5.32 Å². The molecule has 0 bridgehead atoms. The van der Waals surface area contributed by atoms with E-state index in [1.807, 2.05) is 18.2 Å². The zero-order chi connectivity index (χ0) is 14.2. The lowest BCUT2D eigenvalue weighted by atomic mass is 10.2. The van der Waals surface area contributed by atoms with Gasteiger partial charge in [0.15, 0.2) is 0 Å². The van der Waals surface area contributed by atoms with Crippen LogP contribution in [0.25, 0.3) is 0 Å². The molecule has 2 aromatic rings. The maximum Gasteiger partial charge on any atom is 0.296 e. The van der Waals surface area contributed by atoms with Crippen molar-refractivity contribution in [1.82, 2.24) is 10.3 Å². The predicted molar refractivity (Wildman–Crippen MR) is 79.3 cm³/mol. The summed E-state index contributed by atoms with van der Waals surface area (Å²) in [7, 11) is 0. The molecule has 3 nitrogen and oxygen atoms in total. The van der Waals surface area contributed by atoms with Gasteiger partial charge in [0.05, 0.1) is 0 Å². The summed E-state index contributed by atoms with van der Waals surface area (Å²) >= 11 is 5.84. The molecule has 0 saturated heterocycles. The van der Waals surface area contributed by atoms with E-state index in [9.17, 15) is 4.79 Å². The quantitative estimate of drug-likeness (QED) is 0.880. The van der Waals surface area contributed by atoms with Crippen LogP contribution in [0.5, 0.6) is 0 Å². The molecule has 20 heavy (non-hydrogen) atoms. The van der Waals surface area contributed by atoms with Crippen LogP contribution in [0.1, 0.15) is 11.1 Å². The molecule has 0 aliphatic rings. The normalized spacial score (nSPS) is 9.45. The Bertz CT molecular complexity index is 644. The maximum absolute atomic E-state index is 11.6. The summed E-state index contributed by atoms with van der Waals surface area (Å²) in [6.45, 7) is 0.536. The number of nitrogens with zero attached hydrogens (tertiary/aromatic N) is 1. The fourth-order valence-electron chi connectivity index (χ4n) is 1.61. The lowest BCUT2D eigenvalue weighted by Crippen LogP contribution is -2.24. The van der Waals surface area contributed by atoms with Crippen LogP contribution in [0.15, 0.2) is 48.8 Å². The van der Waals surface area contributed by atoms with E-state index in [4.69, 9.17) is 11.6 Å². The van der Waals surface area contributed by atoms with Gasteiger partial charge in [-0.05, 0) is 36.2 Å². The van der Waals surface area contributed by atoms with Gasteiger partial charge in [-0.15, -0.1) is 0 Å². The third kappa shape index (κ3) is 4.75. The van der Waals surface area contributed by atoms with E-state index in [1.54, 1.807) is 30.6 Å². The monoisotopic (exact) mass is 284 g/mol. The number of nitrogens with one attached hydrogen (secondary N) is 1. The SMILES string of the molecule is O=C(C#Cc1cccc(Cl)c1)NCCc1cccnc1. The van der Waals surface area contributed by atoms with Gasteiger partial charge in [0.1, 0.15) is 0 Å². The summed E-state index contributed by atoms with van der Waals surface area (Å²) in [5, 5.41) is 3.35. The standard InChI is InChI=1S/C16H13ClN2O/c17-15-5-1-3-13(11-15)6-7-16(20)19-10-8-14-4-2-9-18-12-14/h1-5,9,11-12H,8,10H2,(H,19,20). The maximum atomic E-state index is 11.6. The molecule has 1 aromatic heterocycles. The van der Waals surface area contributed by atoms with Crippen LogP contribution in [0.2, 0.25) is 5.02 Å². The summed E-state index contributed by atoms with van der Waals surface area (Å²) in [4.78, 5) is 15.6. The molecule has 1 amide bonds. The van der Waals surface area contributed by atoms with Gasteiger partial charge < -0.3 is 5.32 Å². The number of benzene rings is 1. The Hall–Kier alpha value is -2.31. The van der Waals surface area contributed by atoms with Crippen molar-refractivity contribution in [1.29, 1.82) is 0 Å². The Balaban J connectivity index is 1.82. The highest BCUT2D eigenvalue weighted by molar-refractivity contribution is 6.30. The second-order valence-corrected chi connectivity index (χ2v) is 4.56. The van der Waals surface area contributed by atoms with E-state index in [0.717, 1.165) is 17.5 Å². The number of carbonyl (C=O) groups is 1. The molecule has 0 fully saturated rings. The molecule has 100 valence electrons. The first kappa shape index (κ1) is 14.1. The van der Waals surface area contributed by atoms with Gasteiger partial charge >= 0.3 is 0 Å². The molecule has 0 spiro atoms. The van der Waals surface area contributed by atoms with Crippen molar-refractivity contribution < 1.29 is 4.79 Å². The second-order valence-electron chi connectivity index (χ2n) is 4.13. The van der Waals surface area contributed by atoms with Crippen molar-refractivity contribution in [3.8, 4) is 11.8 Å². The summed E-state index contributed by atoms with van der Waals surface area (Å²) in [6, 6.07) is 10.9. The minimum absolute atomic E-state index is 0.297. The first-order chi connectivity index (χ1) is 9.74. The van der Waals surface area contributed by atoms with E-state index in [1.165, 1.54) is 0 Å². The van der Waals surface area contributed by atoms with Gasteiger partial charge in [0, 0.05) is 35.4 Å². The van der Waals surface area contributed by atoms with E-state index < -0.39 is 0 Å². The fourth-order valence-corrected chi connectivity index (χ4v) is 1.80. The smallest absolute Gasteiger partial charge is 0.296 e. The molecule has 2 rings (SSSR count). The first-order valence-corrected chi connectivity index (χ1v) is 6.56. The second kappa shape index (κ2) is 7.32. The highest BCUT2D eigenvalue weighted by atomic mass is 35.5. The number of amides is 1. The summed E-state index contributed by atoms with van der Waals surface area (Å²) in [5.74, 6) is 5.02. The van der Waals surface area contributed by atoms with Crippen LogP contribution in [0, 0.1) is 11.8 Å². The van der Waals surface area contributed by atoms with Crippen LogP contribution in [-0.4, -0.2) is 17.4 Å². The minimum atomic E-state index is -0.297. The van der Waals surface area contributed by atoms with E-state index >= 15 is 0 Å². The highest BCUT2D eigenvalue weighted by Gasteiger charge is 1.96. The molecule has 0 saturated carbocycles. The Labute approximate surface area is 123 Å². The number of hydrogen-bond donors (Lipinski definition) is 1. The Morgan fingerprint density at radius 3 is 2.95 bits per heavy atom. The fraction of sp³-hybridized carbons (Fsp3) is 0.125. The summed E-state index contributed by atoms with van der Waals surface area (Å²) in [5.41, 5.74) is 1.80. The Morgan fingerprint density at radius 2 is 2.20 bits per heavy atom. The topological polar surface area (TPSA) is 42.0 Å². The zero-order valence-electron chi connectivity index (χ0n) is 10.8. The largest absolute Gasteiger partial charge is 0.345 e. The number of pyridine rings is 1. The molecular weight excluding hydrogens is 272 g/mol. The van der Waals surface area contributed by atoms with Gasteiger partial charge in [-0.1, -0.05) is 29.7 Å². The van der Waals surface area contributed by atoms with Crippen LogP contribution in [-0.2, 0) is 11.2 Å². The third-order valence-corrected chi connectivity index (χ3v) is 2.80. The lowest BCUT2D eigenvalue weighted by molar-refractivity contribution is -0.115. The summed E-state index contributed by atoms with van der Waals surface area (Å²) in [6.07, 6.45) is 4.24. The van der Waals surface area contributed by atoms with Crippen molar-refractivity contribution in [2.45, 2.75) is 6.42 Å². The Kier molecular flexibility index (Phi) is 5.16. The van der Waals surface area contributed by atoms with Crippen LogP contribution in [0.3, 0.4) is 0 Å². The number of hydrogen-bond acceptors (Lipinski definition) is 2. The molecule has 1 heterocycles. The molecule has 0 radical (unpaired) electrons. The van der Waals surface area contributed by atoms with Gasteiger partial charge in [0.2, 0.25) is 0 Å². The van der Waals surface area contributed by atoms with E-state index in [0.29, 0.717) is 11.6 Å². The molecule has 4 heteroatoms. The van der Waals surface area contributed by atoms with Crippen LogP contribution >= 0.6 is 11.6 Å². The minimum Gasteiger partial charge on any atom is -0.345 e. The number of halogens is 1. The van der Waals surface area contributed by atoms with Crippen molar-refractivity contribution in [3.05, 3.63) is 64.9 Å². The number of rotatable bonds is 3. The van der Waals surface area contributed by atoms with Gasteiger partial charge in [-0.3, -0.25) is 9.78 Å². The van der Waals surface area contributed by atoms with Crippen molar-refractivity contribution >= 4 is 17.5 Å². The van der Waals surface area contributed by atoms with Gasteiger partial charge in [-0.25, -0.2) is 0 Å². The lowest BCUT2D eigenvalue weighted by Gasteiger charge is -2.00. The first-order valence-electron chi connectivity index (χ1n) is 6.18. The Morgan fingerprint density at radius 1 is 1.30 bits per heavy atom. The van der Waals surface area contributed by atoms with Crippen molar-refractivity contribution in [3.63, 3.8) is 0 Å². The zero-order valence-corrected chi connectivity index (χ0v) is 11.5. The number of aromatic nitrogens is 1. The average molecular weight is 285 g/mol.